The zero-order valence-corrected chi connectivity index (χ0v) is 22.1. The Morgan fingerprint density at radius 1 is 0.971 bits per heavy atom. The highest BCUT2D eigenvalue weighted by molar-refractivity contribution is 7.89. The average molecular weight is 504 g/mol. The van der Waals surface area contributed by atoms with Gasteiger partial charge in [-0.25, -0.2) is 12.7 Å². The fraction of sp³-hybridized carbons (Fsp3) is 0.519. The molecule has 8 heteroatoms. The molecule has 0 radical (unpaired) electrons. The number of benzene rings is 2. The van der Waals surface area contributed by atoms with E-state index in [1.807, 2.05) is 75.4 Å². The number of hydrogen-bond acceptors (Lipinski definition) is 5. The van der Waals surface area contributed by atoms with Crippen LogP contribution in [0.15, 0.2) is 54.6 Å². The Labute approximate surface area is 211 Å². The zero-order chi connectivity index (χ0) is 25.7. The van der Waals surface area contributed by atoms with E-state index in [0.717, 1.165) is 24.0 Å². The summed E-state index contributed by atoms with van der Waals surface area (Å²) in [5, 5.41) is 17.0. The summed E-state index contributed by atoms with van der Waals surface area (Å²) in [4.78, 5) is 12.4. The number of carbonyl (C=O) groups excluding carboxylic acids is 1. The zero-order valence-electron chi connectivity index (χ0n) is 21.2. The van der Waals surface area contributed by atoms with Gasteiger partial charge in [-0.05, 0) is 37.3 Å². The molecule has 0 aliphatic carbocycles. The first kappa shape index (κ1) is 29.0. The molecular formula is C27H41N3O4S. The van der Waals surface area contributed by atoms with Gasteiger partial charge in [0.2, 0.25) is 15.9 Å². The maximum atomic E-state index is 12.6. The van der Waals surface area contributed by atoms with Crippen LogP contribution in [0.5, 0.6) is 0 Å². The SMILES string of the molecule is CCCN(CCC)S(=O)(=O)CCC(=O)NC[C@@H](O)C(Cc1ccc(C)cc1)NCc1ccccc1. The van der Waals surface area contributed by atoms with Crippen molar-refractivity contribution in [1.82, 2.24) is 14.9 Å². The Kier molecular flexibility index (Phi) is 12.4. The van der Waals surface area contributed by atoms with Gasteiger partial charge >= 0.3 is 0 Å². The number of aryl methyl sites for hydroxylation is 1. The van der Waals surface area contributed by atoms with Gasteiger partial charge in [0.1, 0.15) is 0 Å². The van der Waals surface area contributed by atoms with Crippen LogP contribution in [0.25, 0.3) is 0 Å². The summed E-state index contributed by atoms with van der Waals surface area (Å²) in [7, 11) is -3.48. The third kappa shape index (κ3) is 10.5. The van der Waals surface area contributed by atoms with Gasteiger partial charge in [0.15, 0.2) is 0 Å². The first-order valence-electron chi connectivity index (χ1n) is 12.5. The van der Waals surface area contributed by atoms with E-state index in [1.54, 1.807) is 0 Å². The lowest BCUT2D eigenvalue weighted by atomic mass is 9.99. The van der Waals surface area contributed by atoms with Gasteiger partial charge in [-0.15, -0.1) is 0 Å². The molecule has 0 heterocycles. The smallest absolute Gasteiger partial charge is 0.221 e. The monoisotopic (exact) mass is 503 g/mol. The molecule has 3 N–H and O–H groups in total. The second kappa shape index (κ2) is 15.0. The van der Waals surface area contributed by atoms with E-state index in [4.69, 9.17) is 0 Å². The number of carbonyl (C=O) groups is 1. The lowest BCUT2D eigenvalue weighted by Crippen LogP contribution is -2.47. The second-order valence-electron chi connectivity index (χ2n) is 9.00. The third-order valence-corrected chi connectivity index (χ3v) is 7.76. The summed E-state index contributed by atoms with van der Waals surface area (Å²) < 4.78 is 26.6. The number of amides is 1. The predicted octanol–water partition coefficient (Wildman–Crippen LogP) is 3.01. The first-order chi connectivity index (χ1) is 16.7. The summed E-state index contributed by atoms with van der Waals surface area (Å²) in [6.45, 7) is 7.46. The lowest BCUT2D eigenvalue weighted by molar-refractivity contribution is -0.121. The van der Waals surface area contributed by atoms with Crippen LogP contribution in [0.3, 0.4) is 0 Å². The Balaban J connectivity index is 1.94. The van der Waals surface area contributed by atoms with E-state index >= 15 is 0 Å². The Bertz CT molecular complexity index is 975. The van der Waals surface area contributed by atoms with Crippen molar-refractivity contribution in [2.24, 2.45) is 0 Å². The van der Waals surface area contributed by atoms with E-state index in [-0.39, 0.29) is 30.7 Å². The van der Waals surface area contributed by atoms with Crippen molar-refractivity contribution < 1.29 is 18.3 Å². The van der Waals surface area contributed by atoms with Crippen LogP contribution in [0.4, 0.5) is 0 Å². The van der Waals surface area contributed by atoms with Gasteiger partial charge in [0.25, 0.3) is 0 Å². The summed E-state index contributed by atoms with van der Waals surface area (Å²) in [5.74, 6) is -0.605. The fourth-order valence-corrected chi connectivity index (χ4v) is 5.48. The summed E-state index contributed by atoms with van der Waals surface area (Å²) in [5.41, 5.74) is 3.36. The third-order valence-electron chi connectivity index (χ3n) is 5.89. The van der Waals surface area contributed by atoms with Crippen LogP contribution in [-0.2, 0) is 27.8 Å². The Morgan fingerprint density at radius 2 is 1.60 bits per heavy atom. The molecule has 1 amide bonds. The number of nitrogens with zero attached hydrogens (tertiary/aromatic N) is 1. The van der Waals surface area contributed by atoms with Crippen LogP contribution in [0, 0.1) is 6.92 Å². The maximum Gasteiger partial charge on any atom is 0.221 e. The fourth-order valence-electron chi connectivity index (χ4n) is 3.86. The van der Waals surface area contributed by atoms with Crippen molar-refractivity contribution in [1.29, 1.82) is 0 Å². The molecule has 0 bridgehead atoms. The van der Waals surface area contributed by atoms with E-state index in [0.29, 0.717) is 26.1 Å². The van der Waals surface area contributed by atoms with E-state index in [1.165, 1.54) is 9.87 Å². The van der Waals surface area contributed by atoms with Gasteiger partial charge in [0, 0.05) is 38.6 Å². The molecule has 0 spiro atoms. The van der Waals surface area contributed by atoms with E-state index in [2.05, 4.69) is 10.6 Å². The van der Waals surface area contributed by atoms with Crippen LogP contribution in [-0.4, -0.2) is 61.3 Å². The van der Waals surface area contributed by atoms with Gasteiger partial charge in [-0.2, -0.15) is 0 Å². The van der Waals surface area contributed by atoms with Crippen molar-refractivity contribution >= 4 is 15.9 Å². The van der Waals surface area contributed by atoms with Crippen molar-refractivity contribution in [3.63, 3.8) is 0 Å². The van der Waals surface area contributed by atoms with Crippen LogP contribution >= 0.6 is 0 Å². The van der Waals surface area contributed by atoms with Crippen molar-refractivity contribution in [3.8, 4) is 0 Å². The molecule has 0 saturated heterocycles. The van der Waals surface area contributed by atoms with Gasteiger partial charge in [-0.3, -0.25) is 4.79 Å². The molecule has 0 fully saturated rings. The van der Waals surface area contributed by atoms with E-state index in [9.17, 15) is 18.3 Å². The molecular weight excluding hydrogens is 462 g/mol. The van der Waals surface area contributed by atoms with Crippen molar-refractivity contribution in [3.05, 3.63) is 71.3 Å². The highest BCUT2D eigenvalue weighted by atomic mass is 32.2. The molecule has 0 aliphatic rings. The topological polar surface area (TPSA) is 98.7 Å². The van der Waals surface area contributed by atoms with Crippen LogP contribution in [0.1, 0.15) is 49.8 Å². The first-order valence-corrected chi connectivity index (χ1v) is 14.1. The quantitative estimate of drug-likeness (QED) is 0.327. The van der Waals surface area contributed by atoms with Gasteiger partial charge in [0.05, 0.1) is 11.9 Å². The molecule has 2 atom stereocenters. The Morgan fingerprint density at radius 3 is 2.20 bits per heavy atom. The maximum absolute atomic E-state index is 12.6. The summed E-state index contributed by atoms with van der Waals surface area (Å²) in [6, 6.07) is 17.8. The highest BCUT2D eigenvalue weighted by Gasteiger charge is 2.23. The molecule has 0 saturated carbocycles. The van der Waals surface area contributed by atoms with Crippen molar-refractivity contribution in [2.45, 2.75) is 65.1 Å². The number of aliphatic hydroxyl groups is 1. The molecule has 0 aromatic heterocycles. The number of nitrogens with one attached hydrogen (secondary N) is 2. The number of hydrogen-bond donors (Lipinski definition) is 3. The lowest BCUT2D eigenvalue weighted by Gasteiger charge is -2.25. The van der Waals surface area contributed by atoms with Crippen molar-refractivity contribution in [2.75, 3.05) is 25.4 Å². The van der Waals surface area contributed by atoms with E-state index < -0.39 is 16.1 Å². The van der Waals surface area contributed by atoms with Crippen LogP contribution in [0.2, 0.25) is 0 Å². The molecule has 1 unspecified atom stereocenters. The van der Waals surface area contributed by atoms with Crippen LogP contribution < -0.4 is 10.6 Å². The number of aliphatic hydroxyl groups excluding tert-OH is 1. The predicted molar refractivity (Wildman–Crippen MR) is 142 cm³/mol. The Hall–Kier alpha value is -2.26. The highest BCUT2D eigenvalue weighted by Crippen LogP contribution is 2.10. The molecule has 0 aliphatic heterocycles. The minimum atomic E-state index is -3.48. The summed E-state index contributed by atoms with van der Waals surface area (Å²) in [6.07, 6.45) is 1.10. The molecule has 7 nitrogen and oxygen atoms in total. The normalized spacial score (nSPS) is 13.5. The number of sulfonamides is 1. The standard InChI is InChI=1S/C27H41N3O4S/c1-4-16-30(17-5-2)35(33,34)18-15-27(32)29-21-26(31)25(19-23-13-11-22(3)12-14-23)28-20-24-9-7-6-8-10-24/h6-14,25-26,28,31H,4-5,15-21H2,1-3H3,(H,29,32)/t25?,26-/m1/s1. The van der Waals surface area contributed by atoms with Gasteiger partial charge < -0.3 is 15.7 Å². The molecule has 194 valence electrons. The molecule has 35 heavy (non-hydrogen) atoms. The average Bonchev–Trinajstić information content (AvgIpc) is 2.85. The molecule has 2 aromatic carbocycles. The minimum Gasteiger partial charge on any atom is -0.390 e. The molecule has 2 rings (SSSR count). The van der Waals surface area contributed by atoms with Gasteiger partial charge in [-0.1, -0.05) is 74.0 Å². The largest absolute Gasteiger partial charge is 0.390 e. The summed E-state index contributed by atoms with van der Waals surface area (Å²) >= 11 is 0. The minimum absolute atomic E-state index is 0.0465. The second-order valence-corrected chi connectivity index (χ2v) is 11.1. The molecule has 2 aromatic rings. The number of rotatable bonds is 16.